The molecule has 7 nitrogen and oxygen atoms in total. The van der Waals surface area contributed by atoms with E-state index in [9.17, 15) is 5.11 Å². The van der Waals surface area contributed by atoms with E-state index in [1.165, 1.54) is 0 Å². The number of hydrogen-bond acceptors (Lipinski definition) is 7. The summed E-state index contributed by atoms with van der Waals surface area (Å²) in [7, 11) is 3.65. The van der Waals surface area contributed by atoms with Crippen molar-refractivity contribution >= 4 is 22.3 Å². The molecule has 7 heteroatoms. The lowest BCUT2D eigenvalue weighted by atomic mass is 10.2. The third-order valence-corrected chi connectivity index (χ3v) is 4.55. The van der Waals surface area contributed by atoms with Crippen molar-refractivity contribution in [3.05, 3.63) is 66.5 Å². The van der Waals surface area contributed by atoms with Crippen molar-refractivity contribution in [1.82, 2.24) is 15.0 Å². The highest BCUT2D eigenvalue weighted by Gasteiger charge is 2.10. The molecule has 0 aliphatic carbocycles. The minimum absolute atomic E-state index is 0.0625. The van der Waals surface area contributed by atoms with E-state index in [0.29, 0.717) is 16.7 Å². The summed E-state index contributed by atoms with van der Waals surface area (Å²) >= 11 is 0. The summed E-state index contributed by atoms with van der Waals surface area (Å²) in [6, 6.07) is 15.3. The van der Waals surface area contributed by atoms with Gasteiger partial charge in [0.1, 0.15) is 11.5 Å². The van der Waals surface area contributed by atoms with Crippen molar-refractivity contribution in [2.45, 2.75) is 6.92 Å². The molecule has 0 bridgehead atoms. The van der Waals surface area contributed by atoms with Crippen LogP contribution in [0.2, 0.25) is 0 Å². The lowest BCUT2D eigenvalue weighted by Gasteiger charge is -2.21. The van der Waals surface area contributed by atoms with Gasteiger partial charge in [-0.05, 0) is 55.0 Å². The van der Waals surface area contributed by atoms with E-state index in [2.05, 4.69) is 25.9 Å². The lowest BCUT2D eigenvalue weighted by Crippen LogP contribution is -2.09. The van der Waals surface area contributed by atoms with Crippen LogP contribution >= 0.6 is 0 Å². The van der Waals surface area contributed by atoms with Crippen molar-refractivity contribution in [3.8, 4) is 23.4 Å². The van der Waals surface area contributed by atoms with E-state index < -0.39 is 0 Å². The third kappa shape index (κ3) is 3.89. The Morgan fingerprint density at radius 2 is 1.72 bits per heavy atom. The molecule has 0 fully saturated rings. The molecule has 4 rings (SSSR count). The number of aryl methyl sites for hydroxylation is 1. The molecule has 2 aromatic heterocycles. The lowest BCUT2D eigenvalue weighted by molar-refractivity contribution is 0.412. The molecule has 4 aromatic rings. The molecule has 0 amide bonds. The zero-order chi connectivity index (χ0) is 20.4. The summed E-state index contributed by atoms with van der Waals surface area (Å²) in [6.45, 7) is 2.03. The molecular weight excluding hydrogens is 368 g/mol. The first kappa shape index (κ1) is 18.5. The second kappa shape index (κ2) is 7.63. The molecule has 2 aromatic carbocycles. The van der Waals surface area contributed by atoms with Crippen molar-refractivity contribution in [1.29, 1.82) is 0 Å². The molecule has 0 aliphatic heterocycles. The van der Waals surface area contributed by atoms with E-state index in [4.69, 9.17) is 9.47 Å². The molecule has 2 heterocycles. The van der Waals surface area contributed by atoms with Crippen LogP contribution in [0, 0.1) is 6.92 Å². The predicted octanol–water partition coefficient (Wildman–Crippen LogP) is 4.61. The Labute approximate surface area is 168 Å². The Kier molecular flexibility index (Phi) is 4.87. The summed E-state index contributed by atoms with van der Waals surface area (Å²) in [5.74, 6) is 1.23. The van der Waals surface area contributed by atoms with Gasteiger partial charge >= 0.3 is 6.01 Å². The van der Waals surface area contributed by atoms with Crippen LogP contribution in [0.3, 0.4) is 0 Å². The van der Waals surface area contributed by atoms with E-state index in [1.54, 1.807) is 25.6 Å². The average Bonchev–Trinajstić information content (AvgIpc) is 2.73. The summed E-state index contributed by atoms with van der Waals surface area (Å²) < 4.78 is 11.1. The number of hydrogen-bond donors (Lipinski definition) is 1. The smallest absolute Gasteiger partial charge is 0.325 e. The maximum Gasteiger partial charge on any atom is 0.325 e. The standard InChI is InChI=1S/C22H20N4O3/c1-14-10-16(12-18(11-14)28-3)26(2)15-4-6-17(7-5-15)29-22-24-20-13-23-9-8-19(20)21(27)25-22/h4-13H,1-3H3,(H,24,25,27). The van der Waals surface area contributed by atoms with Gasteiger partial charge in [0, 0.05) is 30.7 Å². The topological polar surface area (TPSA) is 80.6 Å². The van der Waals surface area contributed by atoms with Crippen molar-refractivity contribution in [2.24, 2.45) is 0 Å². The highest BCUT2D eigenvalue weighted by atomic mass is 16.5. The van der Waals surface area contributed by atoms with Crippen molar-refractivity contribution < 1.29 is 14.6 Å². The first-order valence-electron chi connectivity index (χ1n) is 9.01. The van der Waals surface area contributed by atoms with E-state index in [0.717, 1.165) is 22.7 Å². The zero-order valence-electron chi connectivity index (χ0n) is 16.3. The minimum atomic E-state index is -0.142. The molecule has 146 valence electrons. The van der Waals surface area contributed by atoms with Gasteiger partial charge in [-0.15, -0.1) is 0 Å². The monoisotopic (exact) mass is 388 g/mol. The summed E-state index contributed by atoms with van der Waals surface area (Å²) in [5, 5.41) is 10.6. The van der Waals surface area contributed by atoms with Gasteiger partial charge in [-0.25, -0.2) is 0 Å². The van der Waals surface area contributed by atoms with Crippen LogP contribution in [0.4, 0.5) is 11.4 Å². The Hall–Kier alpha value is -3.87. The number of fused-ring (bicyclic) bond motifs is 1. The Morgan fingerprint density at radius 3 is 2.48 bits per heavy atom. The number of anilines is 2. The fourth-order valence-electron chi connectivity index (χ4n) is 3.02. The Bertz CT molecular complexity index is 1160. The van der Waals surface area contributed by atoms with Gasteiger partial charge in [0.2, 0.25) is 5.88 Å². The summed E-state index contributed by atoms with van der Waals surface area (Å²) in [6.07, 6.45) is 3.13. The second-order valence-corrected chi connectivity index (χ2v) is 6.59. The molecular formula is C22H20N4O3. The number of ether oxygens (including phenoxy) is 2. The Balaban J connectivity index is 1.56. The number of aromatic nitrogens is 3. The highest BCUT2D eigenvalue weighted by Crippen LogP contribution is 2.31. The van der Waals surface area contributed by atoms with Gasteiger partial charge in [0.05, 0.1) is 24.2 Å². The van der Waals surface area contributed by atoms with E-state index in [1.807, 2.05) is 50.4 Å². The number of benzene rings is 2. The molecule has 0 aliphatic rings. The number of rotatable bonds is 5. The van der Waals surface area contributed by atoms with Crippen LogP contribution in [-0.4, -0.2) is 34.2 Å². The molecule has 0 saturated carbocycles. The second-order valence-electron chi connectivity index (χ2n) is 6.59. The van der Waals surface area contributed by atoms with Gasteiger partial charge < -0.3 is 19.5 Å². The number of methoxy groups -OCH3 is 1. The molecule has 0 saturated heterocycles. The van der Waals surface area contributed by atoms with Crippen LogP contribution in [0.5, 0.6) is 23.4 Å². The Morgan fingerprint density at radius 1 is 0.931 bits per heavy atom. The average molecular weight is 388 g/mol. The molecule has 0 radical (unpaired) electrons. The molecule has 29 heavy (non-hydrogen) atoms. The van der Waals surface area contributed by atoms with Gasteiger partial charge in [-0.3, -0.25) is 4.98 Å². The SMILES string of the molecule is COc1cc(C)cc(N(C)c2ccc(Oc3nc(O)c4ccncc4n3)cc2)c1. The molecule has 0 spiro atoms. The van der Waals surface area contributed by atoms with Crippen LogP contribution in [-0.2, 0) is 0 Å². The first-order chi connectivity index (χ1) is 14.0. The van der Waals surface area contributed by atoms with Crippen LogP contribution in [0.25, 0.3) is 10.9 Å². The molecule has 1 N–H and O–H groups in total. The van der Waals surface area contributed by atoms with Gasteiger partial charge in [-0.2, -0.15) is 9.97 Å². The fraction of sp³-hybridized carbons (Fsp3) is 0.136. The predicted molar refractivity (Wildman–Crippen MR) is 111 cm³/mol. The van der Waals surface area contributed by atoms with Crippen LogP contribution in [0.1, 0.15) is 5.56 Å². The zero-order valence-corrected chi connectivity index (χ0v) is 16.3. The molecule has 0 atom stereocenters. The van der Waals surface area contributed by atoms with Crippen LogP contribution < -0.4 is 14.4 Å². The fourth-order valence-corrected chi connectivity index (χ4v) is 3.02. The normalized spacial score (nSPS) is 10.7. The maximum absolute atomic E-state index is 10.1. The van der Waals surface area contributed by atoms with Gasteiger partial charge in [0.25, 0.3) is 0 Å². The number of pyridine rings is 1. The maximum atomic E-state index is 10.1. The number of aromatic hydroxyl groups is 1. The minimum Gasteiger partial charge on any atom is -0.497 e. The first-order valence-corrected chi connectivity index (χ1v) is 9.01. The van der Waals surface area contributed by atoms with Crippen molar-refractivity contribution in [2.75, 3.05) is 19.1 Å². The van der Waals surface area contributed by atoms with E-state index >= 15 is 0 Å². The number of nitrogens with zero attached hydrogens (tertiary/aromatic N) is 4. The van der Waals surface area contributed by atoms with Gasteiger partial charge in [0.15, 0.2) is 0 Å². The summed E-state index contributed by atoms with van der Waals surface area (Å²) in [5.41, 5.74) is 3.64. The quantitative estimate of drug-likeness (QED) is 0.535. The van der Waals surface area contributed by atoms with Crippen LogP contribution in [0.15, 0.2) is 60.9 Å². The summed E-state index contributed by atoms with van der Waals surface area (Å²) in [4.78, 5) is 14.4. The highest BCUT2D eigenvalue weighted by molar-refractivity contribution is 5.82. The van der Waals surface area contributed by atoms with E-state index in [-0.39, 0.29) is 11.9 Å². The van der Waals surface area contributed by atoms with Crippen molar-refractivity contribution in [3.63, 3.8) is 0 Å². The third-order valence-electron chi connectivity index (χ3n) is 4.55. The van der Waals surface area contributed by atoms with Gasteiger partial charge in [-0.1, -0.05) is 0 Å². The largest absolute Gasteiger partial charge is 0.497 e. The molecule has 0 unspecified atom stereocenters.